The van der Waals surface area contributed by atoms with Gasteiger partial charge in [-0.25, -0.2) is 0 Å². The highest BCUT2D eigenvalue weighted by molar-refractivity contribution is 9.10. The van der Waals surface area contributed by atoms with Crippen molar-refractivity contribution in [2.45, 2.75) is 33.6 Å². The molecule has 0 amide bonds. The predicted molar refractivity (Wildman–Crippen MR) is 82.6 cm³/mol. The van der Waals surface area contributed by atoms with E-state index in [1.165, 1.54) is 22.2 Å². The van der Waals surface area contributed by atoms with Gasteiger partial charge in [0.1, 0.15) is 0 Å². The molecule has 18 heavy (non-hydrogen) atoms. The third kappa shape index (κ3) is 2.01. The molecule has 3 heteroatoms. The number of nitrogens with one attached hydrogen (secondary N) is 1. The van der Waals surface area contributed by atoms with E-state index in [4.69, 9.17) is 4.98 Å². The van der Waals surface area contributed by atoms with Gasteiger partial charge in [0.05, 0.1) is 5.52 Å². The molecule has 0 unspecified atom stereocenters. The summed E-state index contributed by atoms with van der Waals surface area (Å²) in [5.74, 6) is 0.455. The highest BCUT2D eigenvalue weighted by Gasteiger charge is 2.17. The van der Waals surface area contributed by atoms with Gasteiger partial charge in [-0.15, -0.1) is 0 Å². The number of nitrogens with zero attached hydrogens (tertiary/aromatic N) is 1. The van der Waals surface area contributed by atoms with Crippen LogP contribution in [0.25, 0.3) is 10.9 Å². The van der Waals surface area contributed by atoms with Crippen LogP contribution in [0.15, 0.2) is 16.6 Å². The molecule has 0 aliphatic heterocycles. The van der Waals surface area contributed by atoms with Crippen LogP contribution in [0.3, 0.4) is 0 Å². The van der Waals surface area contributed by atoms with Gasteiger partial charge in [-0.05, 0) is 37.0 Å². The Morgan fingerprint density at radius 2 is 1.89 bits per heavy atom. The molecule has 2 aromatic rings. The molecule has 0 radical (unpaired) electrons. The van der Waals surface area contributed by atoms with Gasteiger partial charge in [0.25, 0.3) is 0 Å². The number of aryl methyl sites for hydroxylation is 2. The number of hydrogen-bond acceptors (Lipinski definition) is 2. The van der Waals surface area contributed by atoms with Gasteiger partial charge in [-0.3, -0.25) is 4.98 Å². The molecule has 2 rings (SSSR count). The average molecular weight is 307 g/mol. The summed E-state index contributed by atoms with van der Waals surface area (Å²) in [7, 11) is 1.98. The lowest BCUT2D eigenvalue weighted by atomic mass is 9.96. The zero-order valence-corrected chi connectivity index (χ0v) is 13.1. The second-order valence-electron chi connectivity index (χ2n) is 4.98. The molecule has 0 fully saturated rings. The molecule has 0 aliphatic rings. The summed E-state index contributed by atoms with van der Waals surface area (Å²) in [5, 5.41) is 4.55. The van der Waals surface area contributed by atoms with Crippen molar-refractivity contribution in [2.24, 2.45) is 0 Å². The molecule has 0 spiro atoms. The largest absolute Gasteiger partial charge is 0.387 e. The number of hydrogen-bond donors (Lipinski definition) is 1. The second kappa shape index (κ2) is 4.88. The van der Waals surface area contributed by atoms with E-state index in [0.717, 1.165) is 15.7 Å². The van der Waals surface area contributed by atoms with Crippen LogP contribution in [0.5, 0.6) is 0 Å². The molecule has 1 aromatic heterocycles. The average Bonchev–Trinajstić information content (AvgIpc) is 2.32. The van der Waals surface area contributed by atoms with Crippen LogP contribution in [-0.2, 0) is 0 Å². The molecule has 1 heterocycles. The van der Waals surface area contributed by atoms with Crippen molar-refractivity contribution in [3.05, 3.63) is 33.4 Å². The fourth-order valence-corrected chi connectivity index (χ4v) is 3.08. The predicted octanol–water partition coefficient (Wildman–Crippen LogP) is 4.78. The number of aromatic nitrogens is 1. The number of pyridine rings is 1. The van der Waals surface area contributed by atoms with Crippen molar-refractivity contribution in [3.8, 4) is 0 Å². The van der Waals surface area contributed by atoms with E-state index >= 15 is 0 Å². The molecule has 0 aliphatic carbocycles. The number of rotatable bonds is 2. The van der Waals surface area contributed by atoms with Gasteiger partial charge in [-0.1, -0.05) is 35.8 Å². The minimum Gasteiger partial charge on any atom is -0.387 e. The van der Waals surface area contributed by atoms with E-state index < -0.39 is 0 Å². The van der Waals surface area contributed by atoms with Gasteiger partial charge in [0, 0.05) is 28.3 Å². The summed E-state index contributed by atoms with van der Waals surface area (Å²) >= 11 is 3.65. The Kier molecular flexibility index (Phi) is 3.62. The molecule has 1 aromatic carbocycles. The van der Waals surface area contributed by atoms with Gasteiger partial charge < -0.3 is 5.32 Å². The quantitative estimate of drug-likeness (QED) is 0.863. The Labute approximate surface area is 117 Å². The molecular weight excluding hydrogens is 288 g/mol. The normalized spacial score (nSPS) is 11.3. The van der Waals surface area contributed by atoms with Gasteiger partial charge in [0.15, 0.2) is 0 Å². The van der Waals surface area contributed by atoms with Crippen molar-refractivity contribution in [1.82, 2.24) is 4.98 Å². The Bertz CT molecular complexity index is 603. The van der Waals surface area contributed by atoms with Crippen LogP contribution in [0.4, 0.5) is 5.69 Å². The van der Waals surface area contributed by atoms with E-state index in [-0.39, 0.29) is 0 Å². The van der Waals surface area contributed by atoms with Crippen LogP contribution in [0.2, 0.25) is 0 Å². The molecule has 0 bridgehead atoms. The SMILES string of the molecule is CNc1c(C(C)C)c(C)nc2c(C)ccc(Br)c12. The molecule has 0 atom stereocenters. The first kappa shape index (κ1) is 13.3. The van der Waals surface area contributed by atoms with Crippen LogP contribution >= 0.6 is 15.9 Å². The van der Waals surface area contributed by atoms with Crippen molar-refractivity contribution in [3.63, 3.8) is 0 Å². The summed E-state index contributed by atoms with van der Waals surface area (Å²) < 4.78 is 1.10. The van der Waals surface area contributed by atoms with E-state index in [1.54, 1.807) is 0 Å². The number of benzene rings is 1. The molecule has 1 N–H and O–H groups in total. The lowest BCUT2D eigenvalue weighted by molar-refractivity contribution is 0.849. The molecule has 0 saturated heterocycles. The first-order chi connectivity index (χ1) is 8.47. The standard InChI is InChI=1S/C15H19BrN2/c1-8(2)12-10(4)18-14-9(3)6-7-11(16)13(14)15(12)17-5/h6-8H,1-5H3,(H,17,18). The zero-order valence-electron chi connectivity index (χ0n) is 11.6. The smallest absolute Gasteiger partial charge is 0.0766 e. The van der Waals surface area contributed by atoms with Crippen molar-refractivity contribution >= 4 is 32.5 Å². The molecule has 2 nitrogen and oxygen atoms in total. The number of anilines is 1. The Balaban J connectivity index is 2.99. The lowest BCUT2D eigenvalue weighted by Crippen LogP contribution is -2.04. The van der Waals surface area contributed by atoms with Crippen LogP contribution in [-0.4, -0.2) is 12.0 Å². The summed E-state index contributed by atoms with van der Waals surface area (Å²) in [4.78, 5) is 4.80. The summed E-state index contributed by atoms with van der Waals surface area (Å²) in [6.45, 7) is 8.62. The molecular formula is C15H19BrN2. The summed E-state index contributed by atoms with van der Waals surface area (Å²) in [6, 6.07) is 4.20. The minimum absolute atomic E-state index is 0.455. The number of fused-ring (bicyclic) bond motifs is 1. The van der Waals surface area contributed by atoms with Crippen molar-refractivity contribution in [2.75, 3.05) is 12.4 Å². The van der Waals surface area contributed by atoms with Crippen LogP contribution < -0.4 is 5.32 Å². The Morgan fingerprint density at radius 3 is 2.44 bits per heavy atom. The zero-order chi connectivity index (χ0) is 13.4. The van der Waals surface area contributed by atoms with E-state index in [9.17, 15) is 0 Å². The highest BCUT2D eigenvalue weighted by atomic mass is 79.9. The maximum absolute atomic E-state index is 4.80. The maximum atomic E-state index is 4.80. The minimum atomic E-state index is 0.455. The van der Waals surface area contributed by atoms with Gasteiger partial charge >= 0.3 is 0 Å². The van der Waals surface area contributed by atoms with E-state index in [1.807, 2.05) is 7.05 Å². The molecule has 96 valence electrons. The fraction of sp³-hybridized carbons (Fsp3) is 0.400. The van der Waals surface area contributed by atoms with Crippen molar-refractivity contribution in [1.29, 1.82) is 0 Å². The lowest BCUT2D eigenvalue weighted by Gasteiger charge is -2.19. The highest BCUT2D eigenvalue weighted by Crippen LogP contribution is 2.38. The maximum Gasteiger partial charge on any atom is 0.0766 e. The third-order valence-corrected chi connectivity index (χ3v) is 4.01. The van der Waals surface area contributed by atoms with E-state index in [0.29, 0.717) is 5.92 Å². The summed E-state index contributed by atoms with van der Waals surface area (Å²) in [6.07, 6.45) is 0. The third-order valence-electron chi connectivity index (χ3n) is 3.34. The first-order valence-corrected chi connectivity index (χ1v) is 7.03. The first-order valence-electron chi connectivity index (χ1n) is 6.24. The monoisotopic (exact) mass is 306 g/mol. The van der Waals surface area contributed by atoms with Gasteiger partial charge in [-0.2, -0.15) is 0 Å². The van der Waals surface area contributed by atoms with Crippen LogP contribution in [0.1, 0.15) is 36.6 Å². The van der Waals surface area contributed by atoms with Crippen molar-refractivity contribution < 1.29 is 0 Å². The summed E-state index contributed by atoms with van der Waals surface area (Å²) in [5.41, 5.74) is 5.90. The Hall–Kier alpha value is -1.09. The topological polar surface area (TPSA) is 24.9 Å². The second-order valence-corrected chi connectivity index (χ2v) is 5.83. The van der Waals surface area contributed by atoms with Gasteiger partial charge in [0.2, 0.25) is 0 Å². The number of halogens is 1. The van der Waals surface area contributed by atoms with E-state index in [2.05, 4.69) is 61.1 Å². The fourth-order valence-electron chi connectivity index (χ4n) is 2.56. The van der Waals surface area contributed by atoms with Crippen LogP contribution in [0, 0.1) is 13.8 Å². The Morgan fingerprint density at radius 1 is 1.22 bits per heavy atom. The molecule has 0 saturated carbocycles.